The Hall–Kier alpha value is -0.0900. The molecule has 4 heteroatoms. The number of nitrogens with two attached hydrogens (primary N) is 1. The van der Waals surface area contributed by atoms with Gasteiger partial charge in [0.25, 0.3) is 0 Å². The summed E-state index contributed by atoms with van der Waals surface area (Å²) in [6.07, 6.45) is 0.995. The van der Waals surface area contributed by atoms with Crippen LogP contribution in [-0.2, 0) is 6.42 Å². The van der Waals surface area contributed by atoms with Crippen molar-refractivity contribution in [1.82, 2.24) is 4.37 Å². The van der Waals surface area contributed by atoms with Gasteiger partial charge in [-0.2, -0.15) is 4.37 Å². The molecule has 0 fully saturated rings. The Morgan fingerprint density at radius 3 is 2.67 bits per heavy atom. The molecule has 50 valence electrons. The van der Waals surface area contributed by atoms with Gasteiger partial charge in [0, 0.05) is 4.88 Å². The van der Waals surface area contributed by atoms with E-state index in [4.69, 9.17) is 5.73 Å². The Kier molecular flexibility index (Phi) is 2.08. The maximum absolute atomic E-state index is 5.47. The Balaban J connectivity index is 3.04. The third-order valence-electron chi connectivity index (χ3n) is 1.04. The standard InChI is InChI=1S/C5H7BrN2S/c1-2-3-4(6)5(7)8-9-3/h2H2,1H3,(H2,7,8). The second-order valence-electron chi connectivity index (χ2n) is 1.66. The van der Waals surface area contributed by atoms with Crippen LogP contribution in [0.15, 0.2) is 4.47 Å². The molecule has 1 heterocycles. The van der Waals surface area contributed by atoms with Crippen LogP contribution < -0.4 is 5.73 Å². The average molecular weight is 207 g/mol. The van der Waals surface area contributed by atoms with Gasteiger partial charge < -0.3 is 5.73 Å². The minimum Gasteiger partial charge on any atom is -0.382 e. The van der Waals surface area contributed by atoms with Crippen LogP contribution in [-0.4, -0.2) is 4.37 Å². The quantitative estimate of drug-likeness (QED) is 0.765. The smallest absolute Gasteiger partial charge is 0.151 e. The molecule has 0 radical (unpaired) electrons. The van der Waals surface area contributed by atoms with Gasteiger partial charge in [0.05, 0.1) is 4.47 Å². The van der Waals surface area contributed by atoms with Gasteiger partial charge in [-0.25, -0.2) is 0 Å². The first-order valence-electron chi connectivity index (χ1n) is 2.65. The first-order valence-corrected chi connectivity index (χ1v) is 4.22. The van der Waals surface area contributed by atoms with Crippen LogP contribution in [0.3, 0.4) is 0 Å². The predicted octanol–water partition coefficient (Wildman–Crippen LogP) is 2.05. The van der Waals surface area contributed by atoms with Gasteiger partial charge in [-0.1, -0.05) is 6.92 Å². The molecule has 0 spiro atoms. The van der Waals surface area contributed by atoms with Gasteiger partial charge in [-0.3, -0.25) is 0 Å². The molecule has 0 aromatic carbocycles. The topological polar surface area (TPSA) is 38.9 Å². The van der Waals surface area contributed by atoms with Crippen molar-refractivity contribution >= 4 is 33.3 Å². The molecule has 0 aliphatic carbocycles. The lowest BCUT2D eigenvalue weighted by molar-refractivity contribution is 1.18. The fourth-order valence-electron chi connectivity index (χ4n) is 0.547. The molecule has 0 bridgehead atoms. The summed E-state index contributed by atoms with van der Waals surface area (Å²) in [6.45, 7) is 2.08. The van der Waals surface area contributed by atoms with Crippen molar-refractivity contribution in [3.05, 3.63) is 9.35 Å². The molecule has 0 saturated carbocycles. The summed E-state index contributed by atoms with van der Waals surface area (Å²) >= 11 is 4.79. The number of nitrogens with zero attached hydrogens (tertiary/aromatic N) is 1. The average Bonchev–Trinajstić information content (AvgIpc) is 2.15. The van der Waals surface area contributed by atoms with E-state index in [1.54, 1.807) is 0 Å². The van der Waals surface area contributed by atoms with Crippen LogP contribution in [0.25, 0.3) is 0 Å². The Bertz CT molecular complexity index is 209. The van der Waals surface area contributed by atoms with Crippen LogP contribution in [0.4, 0.5) is 5.82 Å². The van der Waals surface area contributed by atoms with Crippen molar-refractivity contribution in [3.63, 3.8) is 0 Å². The van der Waals surface area contributed by atoms with E-state index in [0.717, 1.165) is 10.9 Å². The van der Waals surface area contributed by atoms with Crippen LogP contribution >= 0.6 is 27.5 Å². The lowest BCUT2D eigenvalue weighted by atomic mass is 10.4. The number of halogens is 1. The third kappa shape index (κ3) is 1.24. The number of anilines is 1. The summed E-state index contributed by atoms with van der Waals surface area (Å²) in [5, 5.41) is 0. The predicted molar refractivity (Wildman–Crippen MR) is 43.6 cm³/mol. The Morgan fingerprint density at radius 1 is 1.78 bits per heavy atom. The first kappa shape index (κ1) is 7.02. The number of aromatic nitrogens is 1. The van der Waals surface area contributed by atoms with Crippen LogP contribution in [0, 0.1) is 0 Å². The van der Waals surface area contributed by atoms with E-state index < -0.39 is 0 Å². The van der Waals surface area contributed by atoms with Gasteiger partial charge in [0.2, 0.25) is 0 Å². The minimum atomic E-state index is 0.608. The third-order valence-corrected chi connectivity index (χ3v) is 3.19. The molecular formula is C5H7BrN2S. The lowest BCUT2D eigenvalue weighted by Crippen LogP contribution is -1.83. The van der Waals surface area contributed by atoms with Crippen molar-refractivity contribution < 1.29 is 0 Å². The maximum Gasteiger partial charge on any atom is 0.151 e. The lowest BCUT2D eigenvalue weighted by Gasteiger charge is -1.86. The zero-order chi connectivity index (χ0) is 6.85. The van der Waals surface area contributed by atoms with E-state index >= 15 is 0 Å². The normalized spacial score (nSPS) is 10.0. The van der Waals surface area contributed by atoms with Gasteiger partial charge >= 0.3 is 0 Å². The van der Waals surface area contributed by atoms with Crippen molar-refractivity contribution in [3.8, 4) is 0 Å². The molecule has 2 N–H and O–H groups in total. The van der Waals surface area contributed by atoms with E-state index in [2.05, 4.69) is 27.2 Å². The summed E-state index contributed by atoms with van der Waals surface area (Å²) in [5.74, 6) is 0.608. The molecule has 0 saturated heterocycles. The van der Waals surface area contributed by atoms with Gasteiger partial charge in [0.1, 0.15) is 0 Å². The van der Waals surface area contributed by atoms with Crippen LogP contribution in [0.5, 0.6) is 0 Å². The van der Waals surface area contributed by atoms with Crippen LogP contribution in [0.1, 0.15) is 11.8 Å². The summed E-state index contributed by atoms with van der Waals surface area (Å²) in [5.41, 5.74) is 5.47. The van der Waals surface area contributed by atoms with Crippen molar-refractivity contribution in [2.45, 2.75) is 13.3 Å². The zero-order valence-corrected chi connectivity index (χ0v) is 7.42. The molecule has 1 rings (SSSR count). The summed E-state index contributed by atoms with van der Waals surface area (Å²) in [7, 11) is 0. The highest BCUT2D eigenvalue weighted by Crippen LogP contribution is 2.26. The monoisotopic (exact) mass is 206 g/mol. The second kappa shape index (κ2) is 2.66. The fourth-order valence-corrected chi connectivity index (χ4v) is 1.86. The SMILES string of the molecule is CCc1snc(N)c1Br. The second-order valence-corrected chi connectivity index (χ2v) is 3.31. The molecule has 0 unspecified atom stereocenters. The summed E-state index contributed by atoms with van der Waals surface area (Å²) < 4.78 is 4.93. The molecule has 0 amide bonds. The Labute approximate surface area is 66.4 Å². The molecule has 2 nitrogen and oxygen atoms in total. The van der Waals surface area contributed by atoms with E-state index in [1.165, 1.54) is 16.4 Å². The maximum atomic E-state index is 5.47. The van der Waals surface area contributed by atoms with Gasteiger partial charge in [-0.05, 0) is 33.9 Å². The number of aryl methyl sites for hydroxylation is 1. The molecule has 0 aliphatic rings. The molecule has 9 heavy (non-hydrogen) atoms. The van der Waals surface area contributed by atoms with Crippen LogP contribution in [0.2, 0.25) is 0 Å². The number of nitrogen functional groups attached to an aromatic ring is 1. The summed E-state index contributed by atoms with van der Waals surface area (Å²) in [6, 6.07) is 0. The highest BCUT2D eigenvalue weighted by molar-refractivity contribution is 9.10. The van der Waals surface area contributed by atoms with Crippen molar-refractivity contribution in [1.29, 1.82) is 0 Å². The van der Waals surface area contributed by atoms with Gasteiger partial charge in [0.15, 0.2) is 5.82 Å². The van der Waals surface area contributed by atoms with Crippen molar-refractivity contribution in [2.75, 3.05) is 5.73 Å². The number of rotatable bonds is 1. The van der Waals surface area contributed by atoms with Gasteiger partial charge in [-0.15, -0.1) is 0 Å². The first-order chi connectivity index (χ1) is 4.25. The largest absolute Gasteiger partial charge is 0.382 e. The summed E-state index contributed by atoms with van der Waals surface area (Å²) in [4.78, 5) is 1.22. The van der Waals surface area contributed by atoms with E-state index in [9.17, 15) is 0 Å². The number of hydrogen-bond acceptors (Lipinski definition) is 3. The Morgan fingerprint density at radius 2 is 2.44 bits per heavy atom. The number of hydrogen-bond donors (Lipinski definition) is 1. The zero-order valence-electron chi connectivity index (χ0n) is 5.02. The highest BCUT2D eigenvalue weighted by atomic mass is 79.9. The highest BCUT2D eigenvalue weighted by Gasteiger charge is 2.04. The molecule has 0 atom stereocenters. The van der Waals surface area contributed by atoms with E-state index in [-0.39, 0.29) is 0 Å². The minimum absolute atomic E-state index is 0.608. The molecule has 1 aromatic heterocycles. The van der Waals surface area contributed by atoms with Crippen molar-refractivity contribution in [2.24, 2.45) is 0 Å². The molecular weight excluding hydrogens is 200 g/mol. The molecule has 1 aromatic rings. The molecule has 0 aliphatic heterocycles. The fraction of sp³-hybridized carbons (Fsp3) is 0.400. The van der Waals surface area contributed by atoms with E-state index in [0.29, 0.717) is 5.82 Å². The van der Waals surface area contributed by atoms with E-state index in [1.807, 2.05) is 0 Å².